The van der Waals surface area contributed by atoms with E-state index in [2.05, 4.69) is 0 Å². The number of carboxylic acid groups (broad SMARTS) is 1. The largest absolute Gasteiger partial charge is 0.465 e. The van der Waals surface area contributed by atoms with Gasteiger partial charge < -0.3 is 10.0 Å². The van der Waals surface area contributed by atoms with Crippen molar-refractivity contribution in [2.24, 2.45) is 0 Å². The van der Waals surface area contributed by atoms with Gasteiger partial charge in [0.2, 0.25) is 0 Å². The van der Waals surface area contributed by atoms with Gasteiger partial charge in [0.15, 0.2) is 0 Å². The second-order valence-corrected chi connectivity index (χ2v) is 5.30. The quantitative estimate of drug-likeness (QED) is 0.606. The molecule has 0 spiro atoms. The number of benzene rings is 2. The molecule has 0 saturated carbocycles. The number of nitro groups is 2. The van der Waals surface area contributed by atoms with E-state index in [1.165, 1.54) is 41.3 Å². The maximum absolute atomic E-state index is 11.4. The van der Waals surface area contributed by atoms with E-state index in [1.54, 1.807) is 12.1 Å². The van der Waals surface area contributed by atoms with Crippen LogP contribution in [0.15, 0.2) is 48.5 Å². The van der Waals surface area contributed by atoms with Crippen LogP contribution in [0, 0.1) is 20.2 Å². The van der Waals surface area contributed by atoms with Crippen LogP contribution in [0.5, 0.6) is 0 Å². The van der Waals surface area contributed by atoms with Gasteiger partial charge in [-0.3, -0.25) is 20.2 Å². The van der Waals surface area contributed by atoms with Gasteiger partial charge in [0.1, 0.15) is 0 Å². The van der Waals surface area contributed by atoms with E-state index in [0.29, 0.717) is 12.0 Å². The Morgan fingerprint density at radius 2 is 1.32 bits per heavy atom. The third kappa shape index (κ3) is 4.99. The summed E-state index contributed by atoms with van der Waals surface area (Å²) >= 11 is 0. The zero-order valence-electron chi connectivity index (χ0n) is 13.1. The van der Waals surface area contributed by atoms with Gasteiger partial charge in [-0.05, 0) is 17.5 Å². The van der Waals surface area contributed by atoms with E-state index in [9.17, 15) is 30.1 Å². The topological polar surface area (TPSA) is 127 Å². The van der Waals surface area contributed by atoms with Crippen LogP contribution in [0.25, 0.3) is 0 Å². The van der Waals surface area contributed by atoms with Crippen LogP contribution in [0.4, 0.5) is 16.2 Å². The molecule has 1 N–H and O–H groups in total. The number of nitrogens with zero attached hydrogens (tertiary/aromatic N) is 3. The molecule has 0 heterocycles. The second-order valence-electron chi connectivity index (χ2n) is 5.30. The van der Waals surface area contributed by atoms with E-state index >= 15 is 0 Å². The molecule has 130 valence electrons. The first-order valence-electron chi connectivity index (χ1n) is 7.31. The highest BCUT2D eigenvalue weighted by molar-refractivity contribution is 5.65. The van der Waals surface area contributed by atoms with Gasteiger partial charge in [0.05, 0.1) is 9.85 Å². The molecule has 2 aromatic rings. The number of hydrogen-bond donors (Lipinski definition) is 1. The van der Waals surface area contributed by atoms with Crippen LogP contribution in [0.2, 0.25) is 0 Å². The zero-order chi connectivity index (χ0) is 18.4. The van der Waals surface area contributed by atoms with Crippen LogP contribution in [-0.4, -0.2) is 32.5 Å². The van der Waals surface area contributed by atoms with Crippen LogP contribution < -0.4 is 0 Å². The van der Waals surface area contributed by atoms with Crippen molar-refractivity contribution >= 4 is 17.5 Å². The van der Waals surface area contributed by atoms with Crippen molar-refractivity contribution in [3.63, 3.8) is 0 Å². The average molecular weight is 345 g/mol. The lowest BCUT2D eigenvalue weighted by molar-refractivity contribution is -0.385. The van der Waals surface area contributed by atoms with Gasteiger partial charge in [-0.25, -0.2) is 4.79 Å². The minimum Gasteiger partial charge on any atom is -0.465 e. The molecule has 0 fully saturated rings. The Kier molecular flexibility index (Phi) is 5.62. The maximum Gasteiger partial charge on any atom is 0.407 e. The molecule has 0 aliphatic rings. The normalized spacial score (nSPS) is 10.2. The summed E-state index contributed by atoms with van der Waals surface area (Å²) in [5.74, 6) is 0. The Balaban J connectivity index is 1.99. The summed E-state index contributed by atoms with van der Waals surface area (Å²) < 4.78 is 0. The Morgan fingerprint density at radius 1 is 0.880 bits per heavy atom. The molecule has 0 unspecified atom stereocenters. The van der Waals surface area contributed by atoms with Crippen molar-refractivity contribution in [3.05, 3.63) is 79.9 Å². The lowest BCUT2D eigenvalue weighted by Crippen LogP contribution is -2.30. The van der Waals surface area contributed by atoms with E-state index in [-0.39, 0.29) is 24.5 Å². The Bertz CT molecular complexity index is 773. The second kappa shape index (κ2) is 7.86. The molecule has 0 aromatic heterocycles. The van der Waals surface area contributed by atoms with Crippen LogP contribution in [-0.2, 0) is 13.0 Å². The smallest absolute Gasteiger partial charge is 0.407 e. The van der Waals surface area contributed by atoms with Crippen molar-refractivity contribution in [1.82, 2.24) is 4.90 Å². The molecular weight excluding hydrogens is 330 g/mol. The molecule has 0 saturated heterocycles. The maximum atomic E-state index is 11.4. The summed E-state index contributed by atoms with van der Waals surface area (Å²) in [6.07, 6.45) is -0.711. The number of hydrogen-bond acceptors (Lipinski definition) is 5. The minimum atomic E-state index is -1.11. The number of non-ortho nitro benzene ring substituents is 2. The van der Waals surface area contributed by atoms with E-state index in [0.717, 1.165) is 5.56 Å². The van der Waals surface area contributed by atoms with Gasteiger partial charge >= 0.3 is 6.09 Å². The SMILES string of the molecule is O=C(O)N(CCc1ccc([N+](=O)[O-])cc1)Cc1ccc([N+](=O)[O-])cc1. The van der Waals surface area contributed by atoms with Crippen molar-refractivity contribution < 1.29 is 19.7 Å². The first-order chi connectivity index (χ1) is 11.9. The highest BCUT2D eigenvalue weighted by Crippen LogP contribution is 2.15. The molecule has 2 rings (SSSR count). The van der Waals surface area contributed by atoms with Gasteiger partial charge in [0, 0.05) is 37.4 Å². The first-order valence-corrected chi connectivity index (χ1v) is 7.31. The van der Waals surface area contributed by atoms with Gasteiger partial charge in [-0.15, -0.1) is 0 Å². The Hall–Kier alpha value is -3.49. The van der Waals surface area contributed by atoms with E-state index < -0.39 is 15.9 Å². The molecule has 25 heavy (non-hydrogen) atoms. The third-order valence-corrected chi connectivity index (χ3v) is 3.61. The van der Waals surface area contributed by atoms with Crippen molar-refractivity contribution in [1.29, 1.82) is 0 Å². The zero-order valence-corrected chi connectivity index (χ0v) is 13.1. The van der Waals surface area contributed by atoms with E-state index in [1.807, 2.05) is 0 Å². The number of nitro benzene ring substituents is 2. The Labute approximate surface area is 142 Å². The summed E-state index contributed by atoms with van der Waals surface area (Å²) in [5.41, 5.74) is 1.33. The van der Waals surface area contributed by atoms with Crippen molar-refractivity contribution in [3.8, 4) is 0 Å². The van der Waals surface area contributed by atoms with Crippen molar-refractivity contribution in [2.45, 2.75) is 13.0 Å². The highest BCUT2D eigenvalue weighted by Gasteiger charge is 2.14. The lowest BCUT2D eigenvalue weighted by atomic mass is 10.1. The molecule has 2 aromatic carbocycles. The number of carbonyl (C=O) groups is 1. The molecule has 0 bridgehead atoms. The molecule has 1 amide bonds. The van der Waals surface area contributed by atoms with Crippen molar-refractivity contribution in [2.75, 3.05) is 6.54 Å². The number of amides is 1. The summed E-state index contributed by atoms with van der Waals surface area (Å²) in [6.45, 7) is 0.296. The minimum absolute atomic E-state index is 0.0234. The third-order valence-electron chi connectivity index (χ3n) is 3.61. The molecular formula is C16H15N3O6. The Morgan fingerprint density at radius 3 is 1.72 bits per heavy atom. The standard InChI is InChI=1S/C16H15N3O6/c20-16(21)17(11-13-3-7-15(8-4-13)19(24)25)10-9-12-1-5-14(6-2-12)18(22)23/h1-8H,9-11H2,(H,20,21). The van der Waals surface area contributed by atoms with Crippen LogP contribution in [0.1, 0.15) is 11.1 Å². The fourth-order valence-electron chi connectivity index (χ4n) is 2.23. The van der Waals surface area contributed by atoms with Gasteiger partial charge in [0.25, 0.3) is 11.4 Å². The summed E-state index contributed by atoms with van der Waals surface area (Å²) in [4.78, 5) is 32.8. The molecule has 0 aliphatic heterocycles. The molecule has 0 atom stereocenters. The highest BCUT2D eigenvalue weighted by atomic mass is 16.6. The van der Waals surface area contributed by atoms with Crippen LogP contribution >= 0.6 is 0 Å². The lowest BCUT2D eigenvalue weighted by Gasteiger charge is -2.19. The molecule has 0 aliphatic carbocycles. The van der Waals surface area contributed by atoms with Gasteiger partial charge in [-0.1, -0.05) is 24.3 Å². The predicted octanol–water partition coefficient (Wildman–Crippen LogP) is 3.23. The van der Waals surface area contributed by atoms with Gasteiger partial charge in [-0.2, -0.15) is 0 Å². The average Bonchev–Trinajstić information content (AvgIpc) is 2.59. The summed E-state index contributed by atoms with van der Waals surface area (Å²) in [6, 6.07) is 11.6. The fraction of sp³-hybridized carbons (Fsp3) is 0.188. The first kappa shape index (κ1) is 17.9. The monoisotopic (exact) mass is 345 g/mol. The molecule has 9 heteroatoms. The molecule has 0 radical (unpaired) electrons. The van der Waals surface area contributed by atoms with E-state index in [4.69, 9.17) is 0 Å². The predicted molar refractivity (Wildman–Crippen MR) is 88.3 cm³/mol. The van der Waals surface area contributed by atoms with Crippen LogP contribution in [0.3, 0.4) is 0 Å². The number of rotatable bonds is 7. The summed E-state index contributed by atoms with van der Waals surface area (Å²) in [7, 11) is 0. The fourth-order valence-corrected chi connectivity index (χ4v) is 2.23. The summed E-state index contributed by atoms with van der Waals surface area (Å²) in [5, 5.41) is 30.5. The molecule has 9 nitrogen and oxygen atoms in total.